The highest BCUT2D eigenvalue weighted by Crippen LogP contribution is 2.46. The van der Waals surface area contributed by atoms with Gasteiger partial charge in [-0.05, 0) is 60.9 Å². The van der Waals surface area contributed by atoms with Crippen molar-refractivity contribution in [3.05, 3.63) is 98.0 Å². The molecule has 5 rings (SSSR count). The van der Waals surface area contributed by atoms with Crippen LogP contribution in [0.1, 0.15) is 33.9 Å². The van der Waals surface area contributed by atoms with Gasteiger partial charge in [0.05, 0.1) is 18.7 Å². The number of amides is 1. The number of aryl methyl sites for hydroxylation is 2. The van der Waals surface area contributed by atoms with Gasteiger partial charge in [-0.25, -0.2) is 0 Å². The lowest BCUT2D eigenvalue weighted by Crippen LogP contribution is -2.29. The monoisotopic (exact) mass is 627 g/mol. The Labute approximate surface area is 254 Å². The first kappa shape index (κ1) is 28.9. The van der Waals surface area contributed by atoms with Crippen LogP contribution in [-0.2, 0) is 15.3 Å². The number of aliphatic hydroxyl groups excluding tert-OH is 1. The zero-order valence-electron chi connectivity index (χ0n) is 22.0. The molecule has 0 bridgehead atoms. The number of aromatic nitrogens is 2. The van der Waals surface area contributed by atoms with E-state index in [1.807, 2.05) is 32.0 Å². The van der Waals surface area contributed by atoms with E-state index in [0.29, 0.717) is 31.3 Å². The van der Waals surface area contributed by atoms with Crippen LogP contribution in [0.4, 0.5) is 5.13 Å². The zero-order valence-corrected chi connectivity index (χ0v) is 25.2. The van der Waals surface area contributed by atoms with E-state index in [4.69, 9.17) is 27.9 Å². The van der Waals surface area contributed by atoms with Gasteiger partial charge in [-0.1, -0.05) is 76.1 Å². The van der Waals surface area contributed by atoms with Crippen molar-refractivity contribution in [3.63, 3.8) is 0 Å². The molecule has 2 heterocycles. The van der Waals surface area contributed by atoms with Crippen molar-refractivity contribution < 1.29 is 24.5 Å². The maximum atomic E-state index is 13.5. The first-order chi connectivity index (χ1) is 19.6. The molecular formula is C29H23Cl2N3O5S2. The van der Waals surface area contributed by atoms with Crippen LogP contribution < -0.4 is 9.64 Å². The number of phenolic OH excluding ortho intramolecular Hbond substituents is 1. The number of aromatic hydroxyl groups is 1. The number of thioether (sulfide) groups is 1. The molecule has 1 aliphatic heterocycles. The molecule has 1 aromatic heterocycles. The van der Waals surface area contributed by atoms with E-state index in [2.05, 4.69) is 10.2 Å². The predicted octanol–water partition coefficient (Wildman–Crippen LogP) is 7.09. The van der Waals surface area contributed by atoms with E-state index in [1.54, 1.807) is 24.3 Å². The average molecular weight is 629 g/mol. The topological polar surface area (TPSA) is 113 Å². The molecule has 3 aromatic carbocycles. The number of Topliss-reactive ketones (excluding diaryl/α,β-unsaturated/α-hetero) is 1. The molecule has 4 aromatic rings. The van der Waals surface area contributed by atoms with Crippen LogP contribution in [0, 0.1) is 13.8 Å². The summed E-state index contributed by atoms with van der Waals surface area (Å²) in [5, 5.41) is 31.4. The van der Waals surface area contributed by atoms with Crippen LogP contribution in [-0.4, -0.2) is 39.2 Å². The number of ketones is 1. The smallest absolute Gasteiger partial charge is 0.301 e. The van der Waals surface area contributed by atoms with Gasteiger partial charge >= 0.3 is 5.91 Å². The molecule has 0 saturated carbocycles. The summed E-state index contributed by atoms with van der Waals surface area (Å²) < 4.78 is 5.83. The van der Waals surface area contributed by atoms with E-state index in [1.165, 1.54) is 35.9 Å². The summed E-state index contributed by atoms with van der Waals surface area (Å²) >= 11 is 14.8. The molecule has 41 heavy (non-hydrogen) atoms. The number of rotatable bonds is 7. The van der Waals surface area contributed by atoms with Crippen molar-refractivity contribution >= 4 is 68.9 Å². The maximum absolute atomic E-state index is 13.5. The van der Waals surface area contributed by atoms with Crippen LogP contribution in [0.3, 0.4) is 0 Å². The third kappa shape index (κ3) is 5.65. The summed E-state index contributed by atoms with van der Waals surface area (Å²) in [7, 11) is 1.40. The van der Waals surface area contributed by atoms with Gasteiger partial charge in [0.1, 0.15) is 5.76 Å². The Balaban J connectivity index is 1.59. The molecule has 0 spiro atoms. The second kappa shape index (κ2) is 11.7. The summed E-state index contributed by atoms with van der Waals surface area (Å²) in [6.45, 7) is 3.68. The first-order valence-electron chi connectivity index (χ1n) is 12.2. The molecule has 1 unspecified atom stereocenters. The van der Waals surface area contributed by atoms with E-state index in [0.717, 1.165) is 28.0 Å². The molecular weight excluding hydrogens is 605 g/mol. The number of hydrogen-bond acceptors (Lipinski definition) is 9. The fraction of sp³-hybridized carbons (Fsp3) is 0.172. The van der Waals surface area contributed by atoms with Gasteiger partial charge in [0.25, 0.3) is 5.78 Å². The fourth-order valence-electron chi connectivity index (χ4n) is 4.48. The molecule has 1 aliphatic rings. The minimum Gasteiger partial charge on any atom is -0.507 e. The van der Waals surface area contributed by atoms with Crippen LogP contribution in [0.2, 0.25) is 10.0 Å². The summed E-state index contributed by atoms with van der Waals surface area (Å²) in [5.74, 6) is -1.51. The summed E-state index contributed by atoms with van der Waals surface area (Å²) in [6, 6.07) is 14.2. The lowest BCUT2D eigenvalue weighted by atomic mass is 9.93. The predicted molar refractivity (Wildman–Crippen MR) is 161 cm³/mol. The maximum Gasteiger partial charge on any atom is 0.301 e. The van der Waals surface area contributed by atoms with Crippen LogP contribution in [0.15, 0.2) is 64.5 Å². The highest BCUT2D eigenvalue weighted by molar-refractivity contribution is 8.00. The van der Waals surface area contributed by atoms with Gasteiger partial charge in [0.15, 0.2) is 15.8 Å². The summed E-state index contributed by atoms with van der Waals surface area (Å²) in [4.78, 5) is 28.3. The molecule has 2 N–H and O–H groups in total. The van der Waals surface area contributed by atoms with Gasteiger partial charge in [-0.2, -0.15) is 0 Å². The van der Waals surface area contributed by atoms with E-state index in [9.17, 15) is 19.8 Å². The molecule has 0 radical (unpaired) electrons. The molecule has 210 valence electrons. The van der Waals surface area contributed by atoms with Crippen molar-refractivity contribution in [2.75, 3.05) is 12.0 Å². The van der Waals surface area contributed by atoms with Crippen LogP contribution in [0.25, 0.3) is 5.76 Å². The largest absolute Gasteiger partial charge is 0.507 e. The molecule has 8 nitrogen and oxygen atoms in total. The minimum absolute atomic E-state index is 0.103. The Morgan fingerprint density at radius 2 is 1.85 bits per heavy atom. The number of aliphatic hydroxyl groups is 1. The number of carbonyl (C=O) groups excluding carboxylic acids is 2. The normalized spacial score (nSPS) is 16.4. The standard InChI is InChI=1S/C29H23Cl2N3O5S2/c1-14-4-5-15(2)19(10-14)25(36)23-24(16-7-9-21(35)22(11-16)39-3)34(27(38)26(23)37)28-32-33-29(41-28)40-13-17-6-8-18(30)12-20(17)31/h4-12,24,35-36H,13H2,1-3H3/b25-23+. The van der Waals surface area contributed by atoms with Gasteiger partial charge in [0, 0.05) is 21.4 Å². The lowest BCUT2D eigenvalue weighted by molar-refractivity contribution is -0.132. The number of anilines is 1. The second-order valence-electron chi connectivity index (χ2n) is 9.29. The number of benzene rings is 3. The first-order valence-corrected chi connectivity index (χ1v) is 14.8. The van der Waals surface area contributed by atoms with Crippen molar-refractivity contribution in [1.82, 2.24) is 10.2 Å². The second-order valence-corrected chi connectivity index (χ2v) is 12.3. The van der Waals surface area contributed by atoms with Crippen molar-refractivity contribution in [3.8, 4) is 11.5 Å². The zero-order chi connectivity index (χ0) is 29.4. The van der Waals surface area contributed by atoms with Crippen molar-refractivity contribution in [2.24, 2.45) is 0 Å². The Morgan fingerprint density at radius 1 is 1.07 bits per heavy atom. The van der Waals surface area contributed by atoms with Gasteiger partial charge < -0.3 is 14.9 Å². The lowest BCUT2D eigenvalue weighted by Gasteiger charge is -2.23. The average Bonchev–Trinajstić information content (AvgIpc) is 3.51. The molecule has 1 atom stereocenters. The fourth-order valence-corrected chi connectivity index (χ4v) is 6.91. The number of nitrogens with zero attached hydrogens (tertiary/aromatic N) is 3. The summed E-state index contributed by atoms with van der Waals surface area (Å²) in [6.07, 6.45) is 0. The molecule has 12 heteroatoms. The van der Waals surface area contributed by atoms with Crippen LogP contribution >= 0.6 is 46.3 Å². The Bertz CT molecular complexity index is 1720. The highest BCUT2D eigenvalue weighted by atomic mass is 35.5. The van der Waals surface area contributed by atoms with Gasteiger partial charge in [-0.3, -0.25) is 14.5 Å². The third-order valence-electron chi connectivity index (χ3n) is 6.58. The highest BCUT2D eigenvalue weighted by Gasteiger charge is 2.48. The number of methoxy groups -OCH3 is 1. The number of halogens is 2. The number of hydrogen-bond donors (Lipinski definition) is 2. The third-order valence-corrected chi connectivity index (χ3v) is 9.27. The van der Waals surface area contributed by atoms with Crippen molar-refractivity contribution in [2.45, 2.75) is 30.0 Å². The Morgan fingerprint density at radius 3 is 2.59 bits per heavy atom. The Hall–Kier alpha value is -3.57. The molecule has 1 saturated heterocycles. The van der Waals surface area contributed by atoms with E-state index >= 15 is 0 Å². The molecule has 0 aliphatic carbocycles. The van der Waals surface area contributed by atoms with Gasteiger partial charge in [0.2, 0.25) is 5.13 Å². The molecule has 1 fully saturated rings. The van der Waals surface area contributed by atoms with Crippen LogP contribution in [0.5, 0.6) is 11.5 Å². The number of phenols is 1. The SMILES string of the molecule is COc1cc(C2/C(=C(\O)c3cc(C)ccc3C)C(=O)C(=O)N2c2nnc(SCc3ccc(Cl)cc3Cl)s2)ccc1O. The number of ether oxygens (including phenoxy) is 1. The summed E-state index contributed by atoms with van der Waals surface area (Å²) in [5.41, 5.74) is 3.23. The number of carbonyl (C=O) groups is 2. The quantitative estimate of drug-likeness (QED) is 0.0733. The van der Waals surface area contributed by atoms with E-state index < -0.39 is 17.7 Å². The minimum atomic E-state index is -1.05. The Kier molecular flexibility index (Phi) is 8.28. The molecule has 1 amide bonds. The van der Waals surface area contributed by atoms with Gasteiger partial charge in [-0.15, -0.1) is 10.2 Å². The van der Waals surface area contributed by atoms with E-state index in [-0.39, 0.29) is 28.0 Å². The van der Waals surface area contributed by atoms with Crippen molar-refractivity contribution in [1.29, 1.82) is 0 Å².